The molecule has 0 aliphatic carbocycles. The summed E-state index contributed by atoms with van der Waals surface area (Å²) in [7, 11) is 0. The molecule has 4 heterocycles. The highest BCUT2D eigenvalue weighted by atomic mass is 16.3. The van der Waals surface area contributed by atoms with Crippen molar-refractivity contribution in [1.29, 1.82) is 0 Å². The number of rotatable bonds is 5. The van der Waals surface area contributed by atoms with E-state index in [1.165, 1.54) is 21.8 Å². The van der Waals surface area contributed by atoms with E-state index < -0.39 is 0 Å². The predicted octanol–water partition coefficient (Wildman–Crippen LogP) is 14.6. The molecule has 0 unspecified atom stereocenters. The third-order valence-electron chi connectivity index (χ3n) is 11.4. The number of hydrogen-bond donors (Lipinski definition) is 0. The molecule has 4 aromatic heterocycles. The number of pyridine rings is 1. The Morgan fingerprint density at radius 1 is 0.333 bits per heavy atom. The monoisotopic (exact) mass is 728 g/mol. The molecule has 0 aliphatic rings. The average molecular weight is 729 g/mol. The highest BCUT2D eigenvalue weighted by molar-refractivity contribution is 6.17. The van der Waals surface area contributed by atoms with Crippen molar-refractivity contribution in [2.24, 2.45) is 0 Å². The lowest BCUT2D eigenvalue weighted by molar-refractivity contribution is 0.669. The summed E-state index contributed by atoms with van der Waals surface area (Å²) in [6.45, 7) is 0. The second-order valence-electron chi connectivity index (χ2n) is 14.7. The van der Waals surface area contributed by atoms with Crippen LogP contribution in [0.1, 0.15) is 0 Å². The number of fused-ring (bicyclic) bond motifs is 9. The van der Waals surface area contributed by atoms with E-state index in [2.05, 4.69) is 193 Å². The molecule has 0 atom stereocenters. The highest BCUT2D eigenvalue weighted by Crippen LogP contribution is 2.43. The molecule has 0 bridgehead atoms. The molecule has 0 saturated heterocycles. The van der Waals surface area contributed by atoms with Gasteiger partial charge < -0.3 is 13.4 Å². The van der Waals surface area contributed by atoms with Gasteiger partial charge in [0.15, 0.2) is 0 Å². The first kappa shape index (κ1) is 31.6. The van der Waals surface area contributed by atoms with Gasteiger partial charge in [0.25, 0.3) is 0 Å². The molecule has 0 spiro atoms. The summed E-state index contributed by atoms with van der Waals surface area (Å²) in [6, 6.07) is 68.3. The van der Waals surface area contributed by atoms with Crippen LogP contribution in [0.5, 0.6) is 0 Å². The van der Waals surface area contributed by atoms with E-state index in [4.69, 9.17) is 13.8 Å². The lowest BCUT2D eigenvalue weighted by Gasteiger charge is -2.11. The molecule has 0 N–H and O–H groups in total. The van der Waals surface area contributed by atoms with Crippen LogP contribution in [0.15, 0.2) is 203 Å². The molecular weight excluding hydrogens is 697 g/mol. The van der Waals surface area contributed by atoms with Crippen LogP contribution >= 0.6 is 0 Å². The van der Waals surface area contributed by atoms with Gasteiger partial charge in [-0.1, -0.05) is 127 Å². The van der Waals surface area contributed by atoms with Crippen LogP contribution in [0.2, 0.25) is 0 Å². The fourth-order valence-corrected chi connectivity index (χ4v) is 8.83. The van der Waals surface area contributed by atoms with E-state index >= 15 is 0 Å². The maximum absolute atomic E-state index is 6.56. The molecule has 57 heavy (non-hydrogen) atoms. The summed E-state index contributed by atoms with van der Waals surface area (Å²) < 4.78 is 15.5. The van der Waals surface area contributed by atoms with Gasteiger partial charge in [0.1, 0.15) is 22.3 Å². The second-order valence-corrected chi connectivity index (χ2v) is 14.7. The number of nitrogens with zero attached hydrogens (tertiary/aromatic N) is 2. The van der Waals surface area contributed by atoms with Gasteiger partial charge in [0.05, 0.1) is 22.4 Å². The van der Waals surface area contributed by atoms with Crippen LogP contribution in [0, 0.1) is 0 Å². The molecule has 12 rings (SSSR count). The van der Waals surface area contributed by atoms with Crippen LogP contribution in [-0.2, 0) is 0 Å². The average Bonchev–Trinajstić information content (AvgIpc) is 3.96. The second kappa shape index (κ2) is 12.4. The van der Waals surface area contributed by atoms with Gasteiger partial charge in [-0.15, -0.1) is 0 Å². The molecule has 0 amide bonds. The van der Waals surface area contributed by atoms with Crippen molar-refractivity contribution in [2.45, 2.75) is 0 Å². The van der Waals surface area contributed by atoms with Crippen molar-refractivity contribution < 1.29 is 8.83 Å². The third-order valence-corrected chi connectivity index (χ3v) is 11.4. The molecule has 266 valence electrons. The topological polar surface area (TPSA) is 44.1 Å². The van der Waals surface area contributed by atoms with Crippen molar-refractivity contribution in [2.75, 3.05) is 0 Å². The maximum Gasteiger partial charge on any atom is 0.136 e. The van der Waals surface area contributed by atoms with Crippen molar-refractivity contribution in [1.82, 2.24) is 9.55 Å². The normalized spacial score (nSPS) is 11.9. The van der Waals surface area contributed by atoms with Crippen molar-refractivity contribution in [3.8, 4) is 50.5 Å². The van der Waals surface area contributed by atoms with Gasteiger partial charge in [0.2, 0.25) is 0 Å². The first-order chi connectivity index (χ1) is 28.2. The summed E-state index contributed by atoms with van der Waals surface area (Å²) in [6.07, 6.45) is 0. The Labute approximate surface area is 327 Å². The van der Waals surface area contributed by atoms with E-state index in [1.54, 1.807) is 0 Å². The quantitative estimate of drug-likeness (QED) is 0.177. The Balaban J connectivity index is 1.06. The zero-order chi connectivity index (χ0) is 37.5. The zero-order valence-electron chi connectivity index (χ0n) is 30.7. The fourth-order valence-electron chi connectivity index (χ4n) is 8.83. The molecular formula is C53H32N2O2. The SMILES string of the molecule is c1ccc(-c2cc(-c3ccccc3)nc(-c3cccc4oc5ccc(-c6cccc7oc8ccc(-n9c%10ccccc%10c%10ccccc%109)cc8c67)cc5c34)c2)cc1. The lowest BCUT2D eigenvalue weighted by Crippen LogP contribution is -1.93. The van der Waals surface area contributed by atoms with Crippen LogP contribution in [0.4, 0.5) is 0 Å². The zero-order valence-corrected chi connectivity index (χ0v) is 30.7. The first-order valence-electron chi connectivity index (χ1n) is 19.3. The van der Waals surface area contributed by atoms with Crippen LogP contribution < -0.4 is 0 Å². The molecule has 4 heteroatoms. The molecule has 0 saturated carbocycles. The van der Waals surface area contributed by atoms with Gasteiger partial charge in [-0.3, -0.25) is 0 Å². The Kier molecular flexibility index (Phi) is 6.89. The Morgan fingerprint density at radius 2 is 0.895 bits per heavy atom. The van der Waals surface area contributed by atoms with Gasteiger partial charge in [-0.25, -0.2) is 4.98 Å². The minimum atomic E-state index is 0.829. The van der Waals surface area contributed by atoms with E-state index in [1.807, 2.05) is 6.07 Å². The van der Waals surface area contributed by atoms with Gasteiger partial charge in [-0.05, 0) is 89.0 Å². The van der Waals surface area contributed by atoms with Crippen molar-refractivity contribution in [3.63, 3.8) is 0 Å². The van der Waals surface area contributed by atoms with Crippen LogP contribution in [0.3, 0.4) is 0 Å². The van der Waals surface area contributed by atoms with Crippen molar-refractivity contribution >= 4 is 65.7 Å². The van der Waals surface area contributed by atoms with Gasteiger partial charge in [0, 0.05) is 49.1 Å². The van der Waals surface area contributed by atoms with Crippen molar-refractivity contribution in [3.05, 3.63) is 194 Å². The van der Waals surface area contributed by atoms with Crippen LogP contribution in [0.25, 0.3) is 116 Å². The van der Waals surface area contributed by atoms with E-state index in [-0.39, 0.29) is 0 Å². The van der Waals surface area contributed by atoms with E-state index in [9.17, 15) is 0 Å². The molecule has 0 radical (unpaired) electrons. The molecule has 8 aromatic carbocycles. The van der Waals surface area contributed by atoms with E-state index in [0.717, 1.165) is 94.3 Å². The largest absolute Gasteiger partial charge is 0.456 e. The smallest absolute Gasteiger partial charge is 0.136 e. The number of benzene rings is 8. The predicted molar refractivity (Wildman–Crippen MR) is 235 cm³/mol. The van der Waals surface area contributed by atoms with Gasteiger partial charge in [-0.2, -0.15) is 0 Å². The minimum Gasteiger partial charge on any atom is -0.456 e. The summed E-state index contributed by atoms with van der Waals surface area (Å²) >= 11 is 0. The number of furan rings is 2. The highest BCUT2D eigenvalue weighted by Gasteiger charge is 2.20. The molecule has 12 aromatic rings. The maximum atomic E-state index is 6.56. The molecule has 0 fully saturated rings. The summed E-state index contributed by atoms with van der Waals surface area (Å²) in [5.41, 5.74) is 15.2. The first-order valence-corrected chi connectivity index (χ1v) is 19.3. The van der Waals surface area contributed by atoms with E-state index in [0.29, 0.717) is 0 Å². The Hall–Kier alpha value is -7.69. The summed E-state index contributed by atoms with van der Waals surface area (Å²) in [5.74, 6) is 0. The summed E-state index contributed by atoms with van der Waals surface area (Å²) in [5, 5.41) is 6.74. The Morgan fingerprint density at radius 3 is 1.60 bits per heavy atom. The standard InChI is InChI=1S/C53H32N2O2/c1-3-13-33(14-4-1)36-30-44(34-15-5-2-6-16-34)54-45(31-36)41-20-12-24-51-53(41)42-29-35(25-27-48(42)56-51)38-19-11-23-50-52(38)43-32-37(26-28-49(43)57-50)55-46-21-9-7-17-39(46)40-18-8-10-22-47(40)55/h1-32H. The number of aromatic nitrogens is 2. The Bertz CT molecular complexity index is 3410. The summed E-state index contributed by atoms with van der Waals surface area (Å²) in [4.78, 5) is 5.30. The third kappa shape index (κ3) is 4.98. The minimum absolute atomic E-state index is 0.829. The molecule has 4 nitrogen and oxygen atoms in total. The fraction of sp³-hybridized carbons (Fsp3) is 0. The van der Waals surface area contributed by atoms with Crippen LogP contribution in [-0.4, -0.2) is 9.55 Å². The molecule has 0 aliphatic heterocycles. The number of para-hydroxylation sites is 2. The lowest BCUT2D eigenvalue weighted by atomic mass is 9.95. The number of hydrogen-bond acceptors (Lipinski definition) is 3. The van der Waals surface area contributed by atoms with Gasteiger partial charge >= 0.3 is 0 Å².